The standard InChI is InChI=1S/C15H24O/c1-10(2)13-7-8-15(9-13)11(3)5-6-14(16)12(15)4/h11,14,16H,4-9H2,1-3H3/t11-,14-,15-/m0/s1. The lowest BCUT2D eigenvalue weighted by atomic mass is 9.62. The highest BCUT2D eigenvalue weighted by molar-refractivity contribution is 5.30. The van der Waals surface area contributed by atoms with E-state index < -0.39 is 0 Å². The van der Waals surface area contributed by atoms with E-state index in [1.54, 1.807) is 5.57 Å². The molecule has 0 aromatic heterocycles. The summed E-state index contributed by atoms with van der Waals surface area (Å²) >= 11 is 0. The minimum atomic E-state index is -0.257. The Balaban J connectivity index is 2.30. The molecule has 2 saturated carbocycles. The third-order valence-corrected chi connectivity index (χ3v) is 4.97. The van der Waals surface area contributed by atoms with Crippen molar-refractivity contribution in [1.29, 1.82) is 0 Å². The van der Waals surface area contributed by atoms with Gasteiger partial charge in [-0.05, 0) is 57.4 Å². The van der Waals surface area contributed by atoms with Crippen molar-refractivity contribution >= 4 is 0 Å². The van der Waals surface area contributed by atoms with Gasteiger partial charge < -0.3 is 5.11 Å². The Morgan fingerprint density at radius 3 is 2.62 bits per heavy atom. The van der Waals surface area contributed by atoms with Crippen molar-refractivity contribution in [3.05, 3.63) is 23.3 Å². The van der Waals surface area contributed by atoms with Crippen LogP contribution in [0.15, 0.2) is 23.3 Å². The highest BCUT2D eigenvalue weighted by Crippen LogP contribution is 2.56. The van der Waals surface area contributed by atoms with Gasteiger partial charge in [0.2, 0.25) is 0 Å². The van der Waals surface area contributed by atoms with Crippen molar-refractivity contribution in [3.63, 3.8) is 0 Å². The Bertz CT molecular complexity index is 335. The molecule has 0 heterocycles. The molecule has 1 N–H and O–H groups in total. The smallest absolute Gasteiger partial charge is 0.0753 e. The van der Waals surface area contributed by atoms with E-state index in [-0.39, 0.29) is 11.5 Å². The first-order chi connectivity index (χ1) is 7.47. The van der Waals surface area contributed by atoms with Gasteiger partial charge >= 0.3 is 0 Å². The van der Waals surface area contributed by atoms with E-state index in [0.717, 1.165) is 24.8 Å². The molecule has 1 nitrogen and oxygen atoms in total. The van der Waals surface area contributed by atoms with Crippen LogP contribution in [-0.4, -0.2) is 11.2 Å². The monoisotopic (exact) mass is 220 g/mol. The fourth-order valence-electron chi connectivity index (χ4n) is 3.56. The average Bonchev–Trinajstić information content (AvgIpc) is 2.68. The minimum Gasteiger partial charge on any atom is -0.389 e. The molecule has 0 aromatic rings. The first kappa shape index (κ1) is 11.9. The summed E-state index contributed by atoms with van der Waals surface area (Å²) in [4.78, 5) is 0. The lowest BCUT2D eigenvalue weighted by Crippen LogP contribution is -2.38. The molecule has 0 amide bonds. The number of aliphatic hydroxyl groups excluding tert-OH is 1. The van der Waals surface area contributed by atoms with E-state index in [4.69, 9.17) is 0 Å². The minimum absolute atomic E-state index is 0.213. The Labute approximate surface area is 99.3 Å². The van der Waals surface area contributed by atoms with Gasteiger partial charge in [-0.15, -0.1) is 0 Å². The first-order valence-corrected chi connectivity index (χ1v) is 6.50. The Hall–Kier alpha value is -0.560. The van der Waals surface area contributed by atoms with E-state index >= 15 is 0 Å². The summed E-state index contributed by atoms with van der Waals surface area (Å²) in [7, 11) is 0. The summed E-state index contributed by atoms with van der Waals surface area (Å²) in [5.74, 6) is 0.681. The molecule has 3 atom stereocenters. The van der Waals surface area contributed by atoms with Crippen LogP contribution in [0.1, 0.15) is 52.9 Å². The second kappa shape index (κ2) is 4.03. The van der Waals surface area contributed by atoms with Crippen LogP contribution in [-0.2, 0) is 0 Å². The molecule has 90 valence electrons. The van der Waals surface area contributed by atoms with Crippen LogP contribution in [0.5, 0.6) is 0 Å². The third-order valence-electron chi connectivity index (χ3n) is 4.97. The molecule has 0 saturated heterocycles. The van der Waals surface area contributed by atoms with Crippen molar-refractivity contribution in [2.45, 2.75) is 59.0 Å². The van der Waals surface area contributed by atoms with Crippen molar-refractivity contribution < 1.29 is 5.11 Å². The molecule has 1 spiro atoms. The number of hydrogen-bond donors (Lipinski definition) is 1. The maximum atomic E-state index is 10.0. The Morgan fingerprint density at radius 2 is 2.06 bits per heavy atom. The molecule has 0 aromatic carbocycles. The quantitative estimate of drug-likeness (QED) is 0.615. The molecule has 2 aliphatic carbocycles. The highest BCUT2D eigenvalue weighted by Gasteiger charge is 2.47. The predicted octanol–water partition coefficient (Wildman–Crippen LogP) is 3.84. The topological polar surface area (TPSA) is 20.2 Å². The van der Waals surface area contributed by atoms with E-state index in [2.05, 4.69) is 27.4 Å². The second-order valence-electron chi connectivity index (χ2n) is 5.96. The van der Waals surface area contributed by atoms with Gasteiger partial charge in [0.25, 0.3) is 0 Å². The average molecular weight is 220 g/mol. The van der Waals surface area contributed by atoms with Crippen molar-refractivity contribution in [1.82, 2.24) is 0 Å². The van der Waals surface area contributed by atoms with E-state index in [1.165, 1.54) is 18.4 Å². The van der Waals surface area contributed by atoms with Crippen molar-refractivity contribution in [3.8, 4) is 0 Å². The molecule has 16 heavy (non-hydrogen) atoms. The fourth-order valence-corrected chi connectivity index (χ4v) is 3.56. The second-order valence-corrected chi connectivity index (χ2v) is 5.96. The van der Waals surface area contributed by atoms with Crippen molar-refractivity contribution in [2.75, 3.05) is 0 Å². The normalized spacial score (nSPS) is 39.5. The summed E-state index contributed by atoms with van der Waals surface area (Å²) < 4.78 is 0. The zero-order valence-electron chi connectivity index (χ0n) is 10.8. The van der Waals surface area contributed by atoms with E-state index in [1.807, 2.05) is 0 Å². The van der Waals surface area contributed by atoms with Crippen LogP contribution in [0.25, 0.3) is 0 Å². The molecule has 1 heteroatoms. The van der Waals surface area contributed by atoms with Crippen molar-refractivity contribution in [2.24, 2.45) is 11.3 Å². The van der Waals surface area contributed by atoms with Gasteiger partial charge in [0.05, 0.1) is 6.10 Å². The maximum absolute atomic E-state index is 10.0. The molecule has 0 aliphatic heterocycles. The molecule has 0 bridgehead atoms. The number of aliphatic hydroxyl groups is 1. The predicted molar refractivity (Wildman–Crippen MR) is 68.2 cm³/mol. The van der Waals surface area contributed by atoms with Gasteiger partial charge in [-0.1, -0.05) is 24.6 Å². The van der Waals surface area contributed by atoms with Crippen LogP contribution in [0.2, 0.25) is 0 Å². The number of hydrogen-bond acceptors (Lipinski definition) is 1. The van der Waals surface area contributed by atoms with Gasteiger partial charge in [0, 0.05) is 5.41 Å². The molecule has 0 radical (unpaired) electrons. The molecule has 2 rings (SSSR count). The van der Waals surface area contributed by atoms with Crippen LogP contribution in [0, 0.1) is 11.3 Å². The summed E-state index contributed by atoms with van der Waals surface area (Å²) in [6, 6.07) is 0. The van der Waals surface area contributed by atoms with Gasteiger partial charge in [-0.25, -0.2) is 0 Å². The summed E-state index contributed by atoms with van der Waals surface area (Å²) in [5.41, 5.74) is 4.39. The van der Waals surface area contributed by atoms with Gasteiger partial charge in [0.1, 0.15) is 0 Å². The van der Waals surface area contributed by atoms with Crippen LogP contribution in [0.3, 0.4) is 0 Å². The maximum Gasteiger partial charge on any atom is 0.0753 e. The third kappa shape index (κ3) is 1.66. The highest BCUT2D eigenvalue weighted by atomic mass is 16.3. The van der Waals surface area contributed by atoms with E-state index in [9.17, 15) is 5.11 Å². The fraction of sp³-hybridized carbons (Fsp3) is 0.733. The summed E-state index contributed by atoms with van der Waals surface area (Å²) in [5, 5.41) is 10.0. The Morgan fingerprint density at radius 1 is 1.38 bits per heavy atom. The first-order valence-electron chi connectivity index (χ1n) is 6.50. The molecule has 2 aliphatic rings. The van der Waals surface area contributed by atoms with Crippen LogP contribution < -0.4 is 0 Å². The summed E-state index contributed by atoms with van der Waals surface area (Å²) in [6.45, 7) is 11.0. The van der Waals surface area contributed by atoms with Gasteiger partial charge in [-0.3, -0.25) is 0 Å². The zero-order chi connectivity index (χ0) is 11.9. The number of allylic oxidation sites excluding steroid dienone is 2. The SMILES string of the molecule is C=C1[C@@H](O)CC[C@H](C)[C@@]12CCC(=C(C)C)C2. The number of rotatable bonds is 0. The Kier molecular flexibility index (Phi) is 3.00. The van der Waals surface area contributed by atoms with Gasteiger partial charge in [0.15, 0.2) is 0 Å². The molecule has 0 unspecified atom stereocenters. The van der Waals surface area contributed by atoms with Gasteiger partial charge in [-0.2, -0.15) is 0 Å². The summed E-state index contributed by atoms with van der Waals surface area (Å²) in [6.07, 6.45) is 5.35. The lowest BCUT2D eigenvalue weighted by molar-refractivity contribution is 0.0826. The van der Waals surface area contributed by atoms with Crippen LogP contribution >= 0.6 is 0 Å². The van der Waals surface area contributed by atoms with Crippen LogP contribution in [0.4, 0.5) is 0 Å². The largest absolute Gasteiger partial charge is 0.389 e. The zero-order valence-corrected chi connectivity index (χ0v) is 10.8. The van der Waals surface area contributed by atoms with E-state index in [0.29, 0.717) is 5.92 Å². The molecular weight excluding hydrogens is 196 g/mol. The molecule has 2 fully saturated rings. The lowest BCUT2D eigenvalue weighted by Gasteiger charge is -2.44. The molecular formula is C15H24O.